The van der Waals surface area contributed by atoms with Crippen LogP contribution in [0, 0.1) is 0 Å². The fraction of sp³-hybridized carbons (Fsp3) is 0.222. The van der Waals surface area contributed by atoms with Crippen LogP contribution in [0.2, 0.25) is 0 Å². The van der Waals surface area contributed by atoms with Crippen molar-refractivity contribution in [3.63, 3.8) is 0 Å². The molecule has 2 aromatic rings. The Hall–Kier alpha value is -2.87. The van der Waals surface area contributed by atoms with Gasteiger partial charge in [0.1, 0.15) is 11.8 Å². The molecule has 8 heteroatoms. The van der Waals surface area contributed by atoms with Crippen molar-refractivity contribution in [1.82, 2.24) is 4.31 Å². The summed E-state index contributed by atoms with van der Waals surface area (Å²) in [6, 6.07) is 13.3. The summed E-state index contributed by atoms with van der Waals surface area (Å²) in [5, 5.41) is 2.66. The van der Waals surface area contributed by atoms with E-state index in [-0.39, 0.29) is 17.7 Å². The lowest BCUT2D eigenvalue weighted by atomic mass is 10.2. The molecule has 1 atom stereocenters. The average Bonchev–Trinajstić information content (AvgIpc) is 3.05. The standard InChI is InChI=1S/C18H18N2O5S/c1-25-16-10-6-5-9-14(16)19-18(22)15-11-12-17(21)20(15)26(23,24)13-7-3-2-4-8-13/h2-10,15H,11-12H2,1H3,(H,19,22)/t15-/m1/s1. The van der Waals surface area contributed by atoms with E-state index in [4.69, 9.17) is 4.74 Å². The van der Waals surface area contributed by atoms with Gasteiger partial charge in [-0.25, -0.2) is 12.7 Å². The van der Waals surface area contributed by atoms with E-state index in [9.17, 15) is 18.0 Å². The highest BCUT2D eigenvalue weighted by Gasteiger charge is 2.44. The maximum absolute atomic E-state index is 12.8. The first-order chi connectivity index (χ1) is 12.4. The summed E-state index contributed by atoms with van der Waals surface area (Å²) < 4.78 is 31.5. The molecule has 2 amide bonds. The molecule has 136 valence electrons. The third-order valence-electron chi connectivity index (χ3n) is 4.13. The Morgan fingerprint density at radius 1 is 1.12 bits per heavy atom. The van der Waals surface area contributed by atoms with E-state index < -0.39 is 27.9 Å². The quantitative estimate of drug-likeness (QED) is 0.864. The molecule has 0 aliphatic carbocycles. The third-order valence-corrected chi connectivity index (χ3v) is 5.97. The summed E-state index contributed by atoms with van der Waals surface area (Å²) in [6.07, 6.45) is 0.127. The van der Waals surface area contributed by atoms with E-state index in [2.05, 4.69) is 5.32 Å². The largest absolute Gasteiger partial charge is 0.495 e. The van der Waals surface area contributed by atoms with E-state index >= 15 is 0 Å². The second kappa shape index (κ2) is 7.17. The molecule has 3 rings (SSSR count). The fourth-order valence-corrected chi connectivity index (χ4v) is 4.49. The minimum Gasteiger partial charge on any atom is -0.495 e. The zero-order chi connectivity index (χ0) is 18.7. The average molecular weight is 374 g/mol. The lowest BCUT2D eigenvalue weighted by molar-refractivity contribution is -0.128. The summed E-state index contributed by atoms with van der Waals surface area (Å²) in [5.41, 5.74) is 0.413. The molecule has 0 aromatic heterocycles. The van der Waals surface area contributed by atoms with Gasteiger partial charge in [-0.05, 0) is 30.7 Å². The van der Waals surface area contributed by atoms with E-state index in [0.717, 1.165) is 0 Å². The molecule has 0 saturated carbocycles. The highest BCUT2D eigenvalue weighted by molar-refractivity contribution is 7.89. The maximum atomic E-state index is 12.8. The molecule has 0 bridgehead atoms. The first kappa shape index (κ1) is 17.9. The lowest BCUT2D eigenvalue weighted by Crippen LogP contribution is -2.45. The molecule has 1 aliphatic rings. The number of sulfonamides is 1. The molecule has 1 aliphatic heterocycles. The number of rotatable bonds is 5. The smallest absolute Gasteiger partial charge is 0.267 e. The molecular weight excluding hydrogens is 356 g/mol. The van der Waals surface area contributed by atoms with Gasteiger partial charge < -0.3 is 10.1 Å². The summed E-state index contributed by atoms with van der Waals surface area (Å²) in [7, 11) is -2.63. The van der Waals surface area contributed by atoms with Crippen LogP contribution in [0.25, 0.3) is 0 Å². The van der Waals surface area contributed by atoms with Crippen LogP contribution in [0.5, 0.6) is 5.75 Å². The second-order valence-corrected chi connectivity index (χ2v) is 7.57. The number of para-hydroxylation sites is 2. The summed E-state index contributed by atoms with van der Waals surface area (Å²) >= 11 is 0. The van der Waals surface area contributed by atoms with Crippen molar-refractivity contribution in [1.29, 1.82) is 0 Å². The van der Waals surface area contributed by atoms with Crippen LogP contribution in [0.1, 0.15) is 12.8 Å². The number of methoxy groups -OCH3 is 1. The van der Waals surface area contributed by atoms with Gasteiger partial charge in [0, 0.05) is 6.42 Å². The number of amides is 2. The minimum absolute atomic E-state index is 0.00389. The lowest BCUT2D eigenvalue weighted by Gasteiger charge is -2.24. The molecule has 0 spiro atoms. The van der Waals surface area contributed by atoms with Gasteiger partial charge in [0.05, 0.1) is 17.7 Å². The topological polar surface area (TPSA) is 92.8 Å². The van der Waals surface area contributed by atoms with Crippen LogP contribution in [-0.2, 0) is 19.6 Å². The van der Waals surface area contributed by atoms with Crippen molar-refractivity contribution >= 4 is 27.5 Å². The number of benzene rings is 2. The van der Waals surface area contributed by atoms with E-state index in [0.29, 0.717) is 15.7 Å². The number of carbonyl (C=O) groups is 2. The monoisotopic (exact) mass is 374 g/mol. The van der Waals surface area contributed by atoms with Crippen molar-refractivity contribution in [3.05, 3.63) is 54.6 Å². The van der Waals surface area contributed by atoms with Crippen molar-refractivity contribution in [2.75, 3.05) is 12.4 Å². The van der Waals surface area contributed by atoms with Crippen LogP contribution >= 0.6 is 0 Å². The van der Waals surface area contributed by atoms with E-state index in [1.54, 1.807) is 42.5 Å². The van der Waals surface area contributed by atoms with Gasteiger partial charge in [0.2, 0.25) is 11.8 Å². The van der Waals surface area contributed by atoms with Gasteiger partial charge in [-0.1, -0.05) is 30.3 Å². The Morgan fingerprint density at radius 2 is 1.77 bits per heavy atom. The molecule has 1 heterocycles. The Balaban J connectivity index is 1.89. The van der Waals surface area contributed by atoms with Gasteiger partial charge in [-0.15, -0.1) is 0 Å². The number of ether oxygens (including phenoxy) is 1. The van der Waals surface area contributed by atoms with E-state index in [1.165, 1.54) is 19.2 Å². The molecule has 7 nitrogen and oxygen atoms in total. The number of nitrogens with one attached hydrogen (secondary N) is 1. The highest BCUT2D eigenvalue weighted by atomic mass is 32.2. The van der Waals surface area contributed by atoms with Crippen molar-refractivity contribution in [2.24, 2.45) is 0 Å². The van der Waals surface area contributed by atoms with Gasteiger partial charge >= 0.3 is 0 Å². The van der Waals surface area contributed by atoms with Gasteiger partial charge in [-0.3, -0.25) is 9.59 Å². The maximum Gasteiger partial charge on any atom is 0.267 e. The highest BCUT2D eigenvalue weighted by Crippen LogP contribution is 2.29. The van der Waals surface area contributed by atoms with Crippen LogP contribution in [0.4, 0.5) is 5.69 Å². The van der Waals surface area contributed by atoms with Crippen LogP contribution < -0.4 is 10.1 Å². The van der Waals surface area contributed by atoms with Gasteiger partial charge in [-0.2, -0.15) is 0 Å². The predicted molar refractivity (Wildman–Crippen MR) is 95.1 cm³/mol. The number of hydrogen-bond donors (Lipinski definition) is 1. The first-order valence-corrected chi connectivity index (χ1v) is 9.45. The molecular formula is C18H18N2O5S. The Kier molecular flexibility index (Phi) is 4.94. The Labute approximate surface area is 151 Å². The molecule has 1 fully saturated rings. The normalized spacial score (nSPS) is 17.2. The van der Waals surface area contributed by atoms with Gasteiger partial charge in [0.25, 0.3) is 10.0 Å². The minimum atomic E-state index is -4.10. The van der Waals surface area contributed by atoms with E-state index in [1.807, 2.05) is 0 Å². The number of nitrogens with zero attached hydrogens (tertiary/aromatic N) is 1. The van der Waals surface area contributed by atoms with Gasteiger partial charge in [0.15, 0.2) is 0 Å². The van der Waals surface area contributed by atoms with Crippen LogP contribution in [-0.4, -0.2) is 37.7 Å². The molecule has 26 heavy (non-hydrogen) atoms. The van der Waals surface area contributed by atoms with Crippen LogP contribution in [0.3, 0.4) is 0 Å². The first-order valence-electron chi connectivity index (χ1n) is 8.01. The van der Waals surface area contributed by atoms with Crippen molar-refractivity contribution in [2.45, 2.75) is 23.8 Å². The SMILES string of the molecule is COc1ccccc1NC(=O)[C@H]1CCC(=O)N1S(=O)(=O)c1ccccc1. The molecule has 0 radical (unpaired) electrons. The fourth-order valence-electron chi connectivity index (χ4n) is 2.87. The Bertz CT molecular complexity index is 928. The number of carbonyl (C=O) groups excluding carboxylic acids is 2. The predicted octanol–water partition coefficient (Wildman–Crippen LogP) is 2.01. The summed E-state index contributed by atoms with van der Waals surface area (Å²) in [5.74, 6) is -0.712. The van der Waals surface area contributed by atoms with Crippen LogP contribution in [0.15, 0.2) is 59.5 Å². The molecule has 0 unspecified atom stereocenters. The molecule has 1 N–H and O–H groups in total. The molecule has 1 saturated heterocycles. The zero-order valence-electron chi connectivity index (χ0n) is 14.1. The summed E-state index contributed by atoms with van der Waals surface area (Å²) in [6.45, 7) is 0. The van der Waals surface area contributed by atoms with Crippen molar-refractivity contribution < 1.29 is 22.7 Å². The second-order valence-electron chi connectivity index (χ2n) is 5.75. The van der Waals surface area contributed by atoms with Crippen molar-refractivity contribution in [3.8, 4) is 5.75 Å². The number of anilines is 1. The summed E-state index contributed by atoms with van der Waals surface area (Å²) in [4.78, 5) is 24.9. The third kappa shape index (κ3) is 3.28. The molecule has 2 aromatic carbocycles. The zero-order valence-corrected chi connectivity index (χ0v) is 14.9. The number of hydrogen-bond acceptors (Lipinski definition) is 5. The Morgan fingerprint density at radius 3 is 2.46 bits per heavy atom.